The molecule has 0 spiro atoms. The smallest absolute Gasteiger partial charge is 0.256 e. The van der Waals surface area contributed by atoms with Gasteiger partial charge in [-0.15, -0.1) is 0 Å². The molecule has 0 aliphatic rings. The van der Waals surface area contributed by atoms with Crippen LogP contribution in [0.3, 0.4) is 0 Å². The second kappa shape index (κ2) is 8.49. The van der Waals surface area contributed by atoms with Gasteiger partial charge in [0.2, 0.25) is 0 Å². The fourth-order valence-corrected chi connectivity index (χ4v) is 2.93. The van der Waals surface area contributed by atoms with Crippen LogP contribution in [-0.4, -0.2) is 21.8 Å². The molecule has 4 nitrogen and oxygen atoms in total. The zero-order valence-corrected chi connectivity index (χ0v) is 16.0. The minimum Gasteiger partial charge on any atom is -0.354 e. The number of carbonyl (C=O) groups excluding carboxylic acids is 1. The summed E-state index contributed by atoms with van der Waals surface area (Å²) in [5.41, 5.74) is 4.65. The average molecular weight is 359 g/mol. The summed E-state index contributed by atoms with van der Waals surface area (Å²) in [5.74, 6) is -0.0187. The number of benzene rings is 2. The highest BCUT2D eigenvalue weighted by molar-refractivity contribution is 5.95. The SMILES string of the molecule is Cc1ccccc1Nc1cncc(C(=O)N(Cc2ccccc2)C(C)C)c1. The average Bonchev–Trinajstić information content (AvgIpc) is 2.68. The summed E-state index contributed by atoms with van der Waals surface area (Å²) in [5, 5.41) is 3.35. The Labute approximate surface area is 160 Å². The zero-order chi connectivity index (χ0) is 19.2. The second-order valence-electron chi connectivity index (χ2n) is 6.91. The van der Waals surface area contributed by atoms with Crippen molar-refractivity contribution < 1.29 is 4.79 Å². The van der Waals surface area contributed by atoms with Crippen LogP contribution < -0.4 is 5.32 Å². The minimum atomic E-state index is -0.0187. The molecule has 4 heteroatoms. The maximum Gasteiger partial charge on any atom is 0.256 e. The molecule has 0 saturated heterocycles. The molecule has 0 saturated carbocycles. The summed E-state index contributed by atoms with van der Waals surface area (Å²) in [6, 6.07) is 20.0. The number of rotatable bonds is 6. The van der Waals surface area contributed by atoms with Crippen molar-refractivity contribution in [1.82, 2.24) is 9.88 Å². The van der Waals surface area contributed by atoms with Crippen molar-refractivity contribution in [2.75, 3.05) is 5.32 Å². The summed E-state index contributed by atoms with van der Waals surface area (Å²) in [7, 11) is 0. The molecule has 1 heterocycles. The first-order chi connectivity index (χ1) is 13.0. The molecule has 1 N–H and O–H groups in total. The predicted octanol–water partition coefficient (Wildman–Crippen LogP) is 5.18. The van der Waals surface area contributed by atoms with E-state index in [-0.39, 0.29) is 11.9 Å². The topological polar surface area (TPSA) is 45.2 Å². The first-order valence-corrected chi connectivity index (χ1v) is 9.17. The fraction of sp³-hybridized carbons (Fsp3) is 0.217. The molecule has 2 aromatic carbocycles. The van der Waals surface area contributed by atoms with E-state index >= 15 is 0 Å². The number of aryl methyl sites for hydroxylation is 1. The minimum absolute atomic E-state index is 0.0187. The molecule has 27 heavy (non-hydrogen) atoms. The van der Waals surface area contributed by atoms with Crippen molar-refractivity contribution in [3.8, 4) is 0 Å². The van der Waals surface area contributed by atoms with Crippen molar-refractivity contribution in [3.05, 3.63) is 89.7 Å². The van der Waals surface area contributed by atoms with Crippen molar-refractivity contribution in [2.24, 2.45) is 0 Å². The standard InChI is InChI=1S/C23H25N3O/c1-17(2)26(16-19-10-5-4-6-11-19)23(27)20-13-21(15-24-14-20)25-22-12-8-7-9-18(22)3/h4-15,17,25H,16H2,1-3H3. The Kier molecular flexibility index (Phi) is 5.87. The Bertz CT molecular complexity index is 906. The van der Waals surface area contributed by atoms with Gasteiger partial charge in [-0.05, 0) is 44.0 Å². The Morgan fingerprint density at radius 2 is 1.74 bits per heavy atom. The van der Waals surface area contributed by atoms with Crippen molar-refractivity contribution in [2.45, 2.75) is 33.4 Å². The third-order valence-electron chi connectivity index (χ3n) is 4.49. The van der Waals surface area contributed by atoms with Crippen LogP contribution in [0, 0.1) is 6.92 Å². The Balaban J connectivity index is 1.81. The second-order valence-corrected chi connectivity index (χ2v) is 6.91. The lowest BCUT2D eigenvalue weighted by Crippen LogP contribution is -2.36. The molecule has 3 rings (SSSR count). The number of pyridine rings is 1. The molecular formula is C23H25N3O. The fourth-order valence-electron chi connectivity index (χ4n) is 2.93. The normalized spacial score (nSPS) is 10.7. The number of nitrogens with zero attached hydrogens (tertiary/aromatic N) is 2. The molecular weight excluding hydrogens is 334 g/mol. The molecule has 138 valence electrons. The van der Waals surface area contributed by atoms with Crippen molar-refractivity contribution in [3.63, 3.8) is 0 Å². The highest BCUT2D eigenvalue weighted by Crippen LogP contribution is 2.21. The van der Waals surface area contributed by atoms with Gasteiger partial charge in [-0.2, -0.15) is 0 Å². The van der Waals surface area contributed by atoms with E-state index in [9.17, 15) is 4.79 Å². The molecule has 0 unspecified atom stereocenters. The monoisotopic (exact) mass is 359 g/mol. The largest absolute Gasteiger partial charge is 0.354 e. The Morgan fingerprint density at radius 3 is 2.44 bits per heavy atom. The number of carbonyl (C=O) groups is 1. The van der Waals surface area contributed by atoms with Crippen LogP contribution in [0.4, 0.5) is 11.4 Å². The van der Waals surface area contributed by atoms with Crippen LogP contribution in [0.5, 0.6) is 0 Å². The van der Waals surface area contributed by atoms with E-state index in [1.54, 1.807) is 12.4 Å². The first kappa shape index (κ1) is 18.6. The third kappa shape index (κ3) is 4.73. The van der Waals surface area contributed by atoms with Crippen molar-refractivity contribution >= 4 is 17.3 Å². The van der Waals surface area contributed by atoms with Gasteiger partial charge in [-0.1, -0.05) is 48.5 Å². The maximum absolute atomic E-state index is 13.1. The first-order valence-electron chi connectivity index (χ1n) is 9.17. The number of nitrogens with one attached hydrogen (secondary N) is 1. The number of hydrogen-bond acceptors (Lipinski definition) is 3. The van der Waals surface area contributed by atoms with Gasteiger partial charge in [0.15, 0.2) is 0 Å². The Hall–Kier alpha value is -3.14. The molecule has 0 aliphatic carbocycles. The number of anilines is 2. The summed E-state index contributed by atoms with van der Waals surface area (Å²) < 4.78 is 0. The lowest BCUT2D eigenvalue weighted by molar-refractivity contribution is 0.0690. The van der Waals surface area contributed by atoms with Gasteiger partial charge in [0, 0.05) is 24.5 Å². The number of hydrogen-bond donors (Lipinski definition) is 1. The summed E-state index contributed by atoms with van der Waals surface area (Å²) in [6.07, 6.45) is 3.37. The molecule has 0 bridgehead atoms. The van der Waals surface area contributed by atoms with E-state index in [0.717, 1.165) is 22.5 Å². The van der Waals surface area contributed by atoms with Crippen LogP contribution in [0.1, 0.15) is 35.3 Å². The van der Waals surface area contributed by atoms with Crippen molar-refractivity contribution in [1.29, 1.82) is 0 Å². The lowest BCUT2D eigenvalue weighted by atomic mass is 10.1. The van der Waals surface area contributed by atoms with E-state index in [2.05, 4.69) is 10.3 Å². The van der Waals surface area contributed by atoms with Crippen LogP contribution in [0.2, 0.25) is 0 Å². The maximum atomic E-state index is 13.1. The van der Waals surface area contributed by atoms with Gasteiger partial charge >= 0.3 is 0 Å². The molecule has 0 aliphatic heterocycles. The summed E-state index contributed by atoms with van der Waals surface area (Å²) in [4.78, 5) is 19.3. The van der Waals surface area contributed by atoms with E-state index in [0.29, 0.717) is 12.1 Å². The van der Waals surface area contributed by atoms with Crippen LogP contribution in [-0.2, 0) is 6.54 Å². The molecule has 1 aromatic heterocycles. The van der Waals surface area contributed by atoms with Gasteiger partial charge in [0.05, 0.1) is 17.4 Å². The lowest BCUT2D eigenvalue weighted by Gasteiger charge is -2.27. The molecule has 0 atom stereocenters. The third-order valence-corrected chi connectivity index (χ3v) is 4.49. The van der Waals surface area contributed by atoms with E-state index in [4.69, 9.17) is 0 Å². The molecule has 0 fully saturated rings. The highest BCUT2D eigenvalue weighted by Gasteiger charge is 2.20. The van der Waals surface area contributed by atoms with Crippen LogP contribution in [0.25, 0.3) is 0 Å². The van der Waals surface area contributed by atoms with Gasteiger partial charge in [0.25, 0.3) is 5.91 Å². The molecule has 0 radical (unpaired) electrons. The number of para-hydroxylation sites is 1. The number of aromatic nitrogens is 1. The predicted molar refractivity (Wildman–Crippen MR) is 110 cm³/mol. The van der Waals surface area contributed by atoms with E-state index < -0.39 is 0 Å². The van der Waals surface area contributed by atoms with Gasteiger partial charge < -0.3 is 10.2 Å². The van der Waals surface area contributed by atoms with Gasteiger partial charge in [-0.25, -0.2) is 0 Å². The van der Waals surface area contributed by atoms with Crippen LogP contribution in [0.15, 0.2) is 73.1 Å². The summed E-state index contributed by atoms with van der Waals surface area (Å²) >= 11 is 0. The molecule has 1 amide bonds. The zero-order valence-electron chi connectivity index (χ0n) is 16.0. The van der Waals surface area contributed by atoms with Gasteiger partial charge in [0.1, 0.15) is 0 Å². The van der Waals surface area contributed by atoms with E-state index in [1.165, 1.54) is 0 Å². The van der Waals surface area contributed by atoms with Crippen LogP contribution >= 0.6 is 0 Å². The summed E-state index contributed by atoms with van der Waals surface area (Å²) in [6.45, 7) is 6.69. The number of amides is 1. The van der Waals surface area contributed by atoms with E-state index in [1.807, 2.05) is 86.3 Å². The quantitative estimate of drug-likeness (QED) is 0.659. The molecule has 3 aromatic rings. The highest BCUT2D eigenvalue weighted by atomic mass is 16.2. The van der Waals surface area contributed by atoms with Gasteiger partial charge in [-0.3, -0.25) is 9.78 Å². The Morgan fingerprint density at radius 1 is 1.04 bits per heavy atom.